The number of nitrogens with zero attached hydrogens (tertiary/aromatic N) is 4. The molecule has 0 aliphatic carbocycles. The van der Waals surface area contributed by atoms with E-state index in [4.69, 9.17) is 9.68 Å². The number of benzene rings is 1. The SMILES string of the molecule is Cc1cc(/C=C/C(=O)N2CCN(Cc3ccc(C#N)cc3)CC2)c(C)n1Cc1ccco1. The van der Waals surface area contributed by atoms with Crippen LogP contribution in [0.3, 0.4) is 0 Å². The van der Waals surface area contributed by atoms with Crippen LogP contribution in [-0.4, -0.2) is 46.5 Å². The van der Waals surface area contributed by atoms with Crippen molar-refractivity contribution in [2.24, 2.45) is 0 Å². The number of furan rings is 1. The van der Waals surface area contributed by atoms with Gasteiger partial charge < -0.3 is 13.9 Å². The number of hydrogen-bond donors (Lipinski definition) is 0. The van der Waals surface area contributed by atoms with Crippen molar-refractivity contribution in [3.8, 4) is 6.07 Å². The van der Waals surface area contributed by atoms with E-state index in [-0.39, 0.29) is 5.91 Å². The van der Waals surface area contributed by atoms with Gasteiger partial charge in [0.2, 0.25) is 5.91 Å². The Hall–Kier alpha value is -3.56. The van der Waals surface area contributed by atoms with Crippen molar-refractivity contribution in [2.45, 2.75) is 26.9 Å². The number of amides is 1. The largest absolute Gasteiger partial charge is 0.467 e. The van der Waals surface area contributed by atoms with Crippen LogP contribution in [0.5, 0.6) is 0 Å². The number of piperazine rings is 1. The lowest BCUT2D eigenvalue weighted by molar-refractivity contribution is -0.127. The van der Waals surface area contributed by atoms with Crippen molar-refractivity contribution < 1.29 is 9.21 Å². The second-order valence-corrected chi connectivity index (χ2v) is 8.24. The van der Waals surface area contributed by atoms with Crippen LogP contribution < -0.4 is 0 Å². The van der Waals surface area contributed by atoms with Crippen LogP contribution in [0.15, 0.2) is 59.2 Å². The Bertz CT molecular complexity index is 1130. The van der Waals surface area contributed by atoms with Gasteiger partial charge in [-0.25, -0.2) is 0 Å². The minimum absolute atomic E-state index is 0.0545. The van der Waals surface area contributed by atoms with Crippen LogP contribution in [0.1, 0.15) is 33.8 Å². The number of carbonyl (C=O) groups is 1. The molecule has 6 heteroatoms. The molecule has 0 saturated carbocycles. The highest BCUT2D eigenvalue weighted by molar-refractivity contribution is 5.92. The molecule has 1 saturated heterocycles. The normalized spacial score (nSPS) is 14.7. The first kappa shape index (κ1) is 21.7. The van der Waals surface area contributed by atoms with E-state index in [0.29, 0.717) is 12.1 Å². The van der Waals surface area contributed by atoms with Gasteiger partial charge in [0.1, 0.15) is 5.76 Å². The van der Waals surface area contributed by atoms with E-state index in [1.54, 1.807) is 12.3 Å². The number of aromatic nitrogens is 1. The van der Waals surface area contributed by atoms with Gasteiger partial charge in [-0.3, -0.25) is 9.69 Å². The summed E-state index contributed by atoms with van der Waals surface area (Å²) in [7, 11) is 0. The van der Waals surface area contributed by atoms with Gasteiger partial charge in [-0.2, -0.15) is 5.26 Å². The highest BCUT2D eigenvalue weighted by atomic mass is 16.3. The quantitative estimate of drug-likeness (QED) is 0.557. The van der Waals surface area contributed by atoms with Crippen LogP contribution in [-0.2, 0) is 17.9 Å². The van der Waals surface area contributed by atoms with Gasteiger partial charge in [0, 0.05) is 50.2 Å². The number of rotatable bonds is 6. The van der Waals surface area contributed by atoms with Crippen LogP contribution in [0.2, 0.25) is 0 Å². The first-order valence-electron chi connectivity index (χ1n) is 10.9. The third-order valence-electron chi connectivity index (χ3n) is 6.09. The first-order chi connectivity index (χ1) is 15.5. The van der Waals surface area contributed by atoms with E-state index in [1.165, 1.54) is 5.56 Å². The van der Waals surface area contributed by atoms with Crippen molar-refractivity contribution in [3.63, 3.8) is 0 Å². The second-order valence-electron chi connectivity index (χ2n) is 8.24. The van der Waals surface area contributed by atoms with E-state index < -0.39 is 0 Å². The third-order valence-corrected chi connectivity index (χ3v) is 6.09. The Kier molecular flexibility index (Phi) is 6.58. The molecule has 0 bridgehead atoms. The van der Waals surface area contributed by atoms with Crippen molar-refractivity contribution in [1.82, 2.24) is 14.4 Å². The lowest BCUT2D eigenvalue weighted by Gasteiger charge is -2.34. The Morgan fingerprint density at radius 1 is 1.09 bits per heavy atom. The Balaban J connectivity index is 1.31. The molecule has 164 valence electrons. The standard InChI is InChI=1S/C26H28N4O2/c1-20-16-24(21(2)30(20)19-25-4-3-15-32-25)9-10-26(31)29-13-11-28(12-14-29)18-23-7-5-22(17-27)6-8-23/h3-10,15-16H,11-14,18-19H2,1-2H3/b10-9+. The zero-order chi connectivity index (χ0) is 22.5. The molecule has 2 aromatic heterocycles. The molecule has 1 aliphatic heterocycles. The monoisotopic (exact) mass is 428 g/mol. The number of hydrogen-bond acceptors (Lipinski definition) is 4. The molecule has 4 rings (SSSR count). The molecule has 0 radical (unpaired) electrons. The maximum Gasteiger partial charge on any atom is 0.246 e. The fraction of sp³-hybridized carbons (Fsp3) is 0.308. The van der Waals surface area contributed by atoms with Gasteiger partial charge >= 0.3 is 0 Å². The van der Waals surface area contributed by atoms with E-state index in [1.807, 2.05) is 47.4 Å². The van der Waals surface area contributed by atoms with Crippen molar-refractivity contribution in [1.29, 1.82) is 5.26 Å². The van der Waals surface area contributed by atoms with Crippen LogP contribution >= 0.6 is 0 Å². The molecular weight excluding hydrogens is 400 g/mol. The molecule has 6 nitrogen and oxygen atoms in total. The molecule has 0 spiro atoms. The van der Waals surface area contributed by atoms with Gasteiger partial charge in [0.25, 0.3) is 0 Å². The summed E-state index contributed by atoms with van der Waals surface area (Å²) in [5.41, 5.74) is 5.19. The topological polar surface area (TPSA) is 65.4 Å². The summed E-state index contributed by atoms with van der Waals surface area (Å²) in [6, 6.07) is 15.8. The minimum atomic E-state index is 0.0545. The molecule has 1 amide bonds. The fourth-order valence-electron chi connectivity index (χ4n) is 4.13. The second kappa shape index (κ2) is 9.71. The summed E-state index contributed by atoms with van der Waals surface area (Å²) >= 11 is 0. The van der Waals surface area contributed by atoms with E-state index in [9.17, 15) is 4.79 Å². The summed E-state index contributed by atoms with van der Waals surface area (Å²) in [4.78, 5) is 17.0. The van der Waals surface area contributed by atoms with Gasteiger partial charge in [-0.05, 0) is 61.4 Å². The number of carbonyl (C=O) groups excluding carboxylic acids is 1. The zero-order valence-electron chi connectivity index (χ0n) is 18.6. The van der Waals surface area contributed by atoms with Gasteiger partial charge in [-0.1, -0.05) is 12.1 Å². The molecule has 3 aromatic rings. The van der Waals surface area contributed by atoms with E-state index in [2.05, 4.69) is 35.5 Å². The molecule has 3 heterocycles. The van der Waals surface area contributed by atoms with E-state index >= 15 is 0 Å². The van der Waals surface area contributed by atoms with Gasteiger partial charge in [0.15, 0.2) is 0 Å². The molecule has 1 aliphatic rings. The molecule has 1 fully saturated rings. The summed E-state index contributed by atoms with van der Waals surface area (Å²) in [6.07, 6.45) is 5.30. The van der Waals surface area contributed by atoms with Crippen molar-refractivity contribution in [2.75, 3.05) is 26.2 Å². The highest BCUT2D eigenvalue weighted by Gasteiger charge is 2.20. The maximum absolute atomic E-state index is 12.7. The Morgan fingerprint density at radius 2 is 1.84 bits per heavy atom. The average molecular weight is 429 g/mol. The highest BCUT2D eigenvalue weighted by Crippen LogP contribution is 2.19. The lowest BCUT2D eigenvalue weighted by atomic mass is 10.1. The Labute approximate surface area is 189 Å². The van der Waals surface area contributed by atoms with Gasteiger partial charge in [0.05, 0.1) is 24.4 Å². The predicted molar refractivity (Wildman–Crippen MR) is 124 cm³/mol. The van der Waals surface area contributed by atoms with Crippen LogP contribution in [0, 0.1) is 25.2 Å². The molecule has 0 atom stereocenters. The third kappa shape index (κ3) is 5.01. The summed E-state index contributed by atoms with van der Waals surface area (Å²) in [5.74, 6) is 0.969. The summed E-state index contributed by atoms with van der Waals surface area (Å²) in [5, 5.41) is 8.92. The number of nitriles is 1. The molecule has 0 unspecified atom stereocenters. The average Bonchev–Trinajstić information content (AvgIpc) is 3.42. The van der Waals surface area contributed by atoms with Crippen LogP contribution in [0.25, 0.3) is 6.08 Å². The lowest BCUT2D eigenvalue weighted by Crippen LogP contribution is -2.47. The van der Waals surface area contributed by atoms with Crippen LogP contribution in [0.4, 0.5) is 0 Å². The molecule has 0 N–H and O–H groups in total. The summed E-state index contributed by atoms with van der Waals surface area (Å²) in [6.45, 7) is 8.80. The van der Waals surface area contributed by atoms with E-state index in [0.717, 1.165) is 55.4 Å². The zero-order valence-corrected chi connectivity index (χ0v) is 18.6. The number of aryl methyl sites for hydroxylation is 1. The Morgan fingerprint density at radius 3 is 2.50 bits per heavy atom. The fourth-order valence-corrected chi connectivity index (χ4v) is 4.13. The predicted octanol–water partition coefficient (Wildman–Crippen LogP) is 3.98. The van der Waals surface area contributed by atoms with Crippen molar-refractivity contribution in [3.05, 3.63) is 88.6 Å². The minimum Gasteiger partial charge on any atom is -0.467 e. The first-order valence-corrected chi connectivity index (χ1v) is 10.9. The molecule has 1 aromatic carbocycles. The summed E-state index contributed by atoms with van der Waals surface area (Å²) < 4.78 is 7.67. The smallest absolute Gasteiger partial charge is 0.246 e. The van der Waals surface area contributed by atoms with Gasteiger partial charge in [-0.15, -0.1) is 0 Å². The van der Waals surface area contributed by atoms with Crippen molar-refractivity contribution >= 4 is 12.0 Å². The maximum atomic E-state index is 12.7. The molecular formula is C26H28N4O2. The molecule has 32 heavy (non-hydrogen) atoms.